The third-order valence-corrected chi connectivity index (χ3v) is 7.44. The van der Waals surface area contributed by atoms with Gasteiger partial charge in [-0.2, -0.15) is 0 Å². The molecule has 0 saturated heterocycles. The Morgan fingerprint density at radius 3 is 1.27 bits per heavy atom. The zero-order chi connectivity index (χ0) is 24.7. The second-order valence-electron chi connectivity index (χ2n) is 10.5. The normalized spacial score (nSPS) is 20.9. The van der Waals surface area contributed by atoms with Gasteiger partial charge in [0.25, 0.3) is 0 Å². The molecule has 4 aromatic rings. The summed E-state index contributed by atoms with van der Waals surface area (Å²) in [7, 11) is 0. The Labute approximate surface area is 230 Å². The summed E-state index contributed by atoms with van der Waals surface area (Å²) in [5.41, 5.74) is 6.99. The molecule has 5 heterocycles. The minimum atomic E-state index is -0.447. The van der Waals surface area contributed by atoms with Crippen molar-refractivity contribution in [3.8, 4) is 0 Å². The molecule has 37 heavy (non-hydrogen) atoms. The number of amidine groups is 2. The number of aliphatic imine (C=N–C) groups is 4. The molecule has 8 bridgehead atoms. The molecule has 0 amide bonds. The molecular formula is C30H24N6Pt. The molecule has 184 valence electrons. The molecule has 0 radical (unpaired) electrons. The van der Waals surface area contributed by atoms with Gasteiger partial charge in [-0.25, -0.2) is 0 Å². The van der Waals surface area contributed by atoms with Crippen LogP contribution in [0.1, 0.15) is 61.3 Å². The summed E-state index contributed by atoms with van der Waals surface area (Å²) in [5, 5.41) is 0. The van der Waals surface area contributed by atoms with Crippen LogP contribution in [0.15, 0.2) is 92.8 Å². The van der Waals surface area contributed by atoms with Crippen molar-refractivity contribution in [2.24, 2.45) is 20.0 Å². The standard InChI is InChI=1S/C30H24N6.Pt/c1-29(2)21-13-15-23(31-21)33-28-20-12-8-6-10-18(20)26(36-28)30(3,4)22-14-16-24(32-22)34-27-19-11-7-5-9-17(19)25(29)35-27;/h5-16H,1-4H3;/q-2;+2/b33-28-,34-27-;. The van der Waals surface area contributed by atoms with Crippen LogP contribution in [0, 0.1) is 0 Å². The average molecular weight is 664 g/mol. The fourth-order valence-electron chi connectivity index (χ4n) is 5.33. The third kappa shape index (κ3) is 3.50. The Morgan fingerprint density at radius 1 is 0.486 bits per heavy atom. The van der Waals surface area contributed by atoms with Gasteiger partial charge in [0.1, 0.15) is 0 Å². The molecule has 0 fully saturated rings. The van der Waals surface area contributed by atoms with Gasteiger partial charge in [0.2, 0.25) is 0 Å². The van der Waals surface area contributed by atoms with Crippen molar-refractivity contribution in [2.45, 2.75) is 38.5 Å². The van der Waals surface area contributed by atoms with E-state index in [0.29, 0.717) is 23.3 Å². The van der Waals surface area contributed by atoms with Crippen LogP contribution in [0.25, 0.3) is 0 Å². The van der Waals surface area contributed by atoms with Gasteiger partial charge >= 0.3 is 21.1 Å². The molecule has 2 aromatic carbocycles. The van der Waals surface area contributed by atoms with Crippen LogP contribution in [0.2, 0.25) is 0 Å². The van der Waals surface area contributed by atoms with Gasteiger partial charge in [-0.15, -0.1) is 0 Å². The molecule has 3 aliphatic rings. The van der Waals surface area contributed by atoms with Crippen LogP contribution in [0.4, 0.5) is 11.6 Å². The summed E-state index contributed by atoms with van der Waals surface area (Å²) in [6.07, 6.45) is 0. The van der Waals surface area contributed by atoms with Crippen LogP contribution in [-0.2, 0) is 31.9 Å². The minimum Gasteiger partial charge on any atom is -0.439 e. The predicted octanol–water partition coefficient (Wildman–Crippen LogP) is 5.63. The fourth-order valence-corrected chi connectivity index (χ4v) is 5.33. The van der Waals surface area contributed by atoms with Gasteiger partial charge in [0.15, 0.2) is 0 Å². The van der Waals surface area contributed by atoms with Crippen molar-refractivity contribution in [1.82, 2.24) is 9.97 Å². The van der Waals surface area contributed by atoms with E-state index in [1.165, 1.54) is 0 Å². The fraction of sp³-hybridized carbons (Fsp3) is 0.200. The molecule has 2 aromatic heterocycles. The summed E-state index contributed by atoms with van der Waals surface area (Å²) in [6, 6.07) is 24.5. The van der Waals surface area contributed by atoms with E-state index in [-0.39, 0.29) is 21.1 Å². The molecule has 0 N–H and O–H groups in total. The first-order chi connectivity index (χ1) is 17.3. The molecule has 6 nitrogen and oxygen atoms in total. The van der Waals surface area contributed by atoms with Crippen molar-refractivity contribution < 1.29 is 21.1 Å². The Balaban J connectivity index is 0.00000252. The average Bonchev–Trinajstić information content (AvgIpc) is 3.65. The molecule has 7 heteroatoms. The van der Waals surface area contributed by atoms with Gasteiger partial charge in [0.05, 0.1) is 23.1 Å². The van der Waals surface area contributed by atoms with Crippen molar-refractivity contribution >= 4 is 34.7 Å². The van der Waals surface area contributed by atoms with E-state index in [4.69, 9.17) is 29.9 Å². The van der Waals surface area contributed by atoms with Gasteiger partial charge in [0, 0.05) is 33.1 Å². The van der Waals surface area contributed by atoms with Crippen LogP contribution >= 0.6 is 0 Å². The summed E-state index contributed by atoms with van der Waals surface area (Å²) in [5.74, 6) is 2.65. The monoisotopic (exact) mass is 663 g/mol. The van der Waals surface area contributed by atoms with Crippen molar-refractivity contribution in [2.75, 3.05) is 0 Å². The number of aromatic nitrogens is 2. The maximum absolute atomic E-state index is 5.04. The molecule has 7 rings (SSSR count). The number of nitrogens with zero attached hydrogens (tertiary/aromatic N) is 6. The van der Waals surface area contributed by atoms with E-state index in [9.17, 15) is 0 Å². The van der Waals surface area contributed by atoms with Gasteiger partial charge in [-0.05, 0) is 0 Å². The number of rotatable bonds is 0. The summed E-state index contributed by atoms with van der Waals surface area (Å²) in [4.78, 5) is 29.8. The number of hydrogen-bond donors (Lipinski definition) is 0. The van der Waals surface area contributed by atoms with Crippen LogP contribution in [0.5, 0.6) is 0 Å². The Hall–Kier alpha value is -3.63. The van der Waals surface area contributed by atoms with E-state index in [2.05, 4.69) is 52.0 Å². The Bertz CT molecular complexity index is 1570. The van der Waals surface area contributed by atoms with E-state index < -0.39 is 10.8 Å². The van der Waals surface area contributed by atoms with Crippen molar-refractivity contribution in [3.05, 3.63) is 106 Å². The van der Waals surface area contributed by atoms with E-state index in [1.54, 1.807) is 0 Å². The number of benzene rings is 2. The smallest absolute Gasteiger partial charge is 0.439 e. The molecular weight excluding hydrogens is 639 g/mol. The number of fused-ring (bicyclic) bond motifs is 12. The zero-order valence-corrected chi connectivity index (χ0v) is 23.2. The third-order valence-electron chi connectivity index (χ3n) is 7.44. The quantitative estimate of drug-likeness (QED) is 0.245. The Morgan fingerprint density at radius 2 is 0.865 bits per heavy atom. The SMILES string of the molecule is CC1(C)C2=N/C(=N\c3ccc([n-]3)C(C)(C)C3=N/C(=N\c4ccc1[n-]4)c1ccccc13)c1ccccc12.[Pt+2]. The maximum atomic E-state index is 5.04. The molecule has 3 aliphatic heterocycles. The zero-order valence-electron chi connectivity index (χ0n) is 20.9. The largest absolute Gasteiger partial charge is 2.00 e. The minimum absolute atomic E-state index is 0. The molecule has 0 spiro atoms. The van der Waals surface area contributed by atoms with Gasteiger partial charge in [-0.1, -0.05) is 124 Å². The maximum Gasteiger partial charge on any atom is 2.00 e. The van der Waals surface area contributed by atoms with Crippen LogP contribution in [-0.4, -0.2) is 23.1 Å². The second-order valence-corrected chi connectivity index (χ2v) is 10.5. The summed E-state index contributed by atoms with van der Waals surface area (Å²) < 4.78 is 0. The second kappa shape index (κ2) is 8.19. The molecule has 0 unspecified atom stereocenters. The van der Waals surface area contributed by atoms with E-state index in [0.717, 1.165) is 45.1 Å². The first-order valence-corrected chi connectivity index (χ1v) is 12.2. The predicted molar refractivity (Wildman–Crippen MR) is 144 cm³/mol. The summed E-state index contributed by atoms with van der Waals surface area (Å²) in [6.45, 7) is 8.60. The van der Waals surface area contributed by atoms with Crippen molar-refractivity contribution in [1.29, 1.82) is 0 Å². The molecule has 0 aliphatic carbocycles. The van der Waals surface area contributed by atoms with Crippen LogP contribution < -0.4 is 9.97 Å². The molecule has 0 saturated carbocycles. The first kappa shape index (κ1) is 23.7. The van der Waals surface area contributed by atoms with Crippen molar-refractivity contribution in [3.63, 3.8) is 0 Å². The van der Waals surface area contributed by atoms with Gasteiger partial charge < -0.3 is 20.0 Å². The summed E-state index contributed by atoms with van der Waals surface area (Å²) >= 11 is 0. The van der Waals surface area contributed by atoms with E-state index >= 15 is 0 Å². The first-order valence-electron chi connectivity index (χ1n) is 12.2. The topological polar surface area (TPSA) is 77.6 Å². The molecule has 0 atom stereocenters. The number of hydrogen-bond acceptors (Lipinski definition) is 4. The Kier molecular flexibility index (Phi) is 5.26. The van der Waals surface area contributed by atoms with Gasteiger partial charge in [-0.3, -0.25) is 9.98 Å². The van der Waals surface area contributed by atoms with Crippen LogP contribution in [0.3, 0.4) is 0 Å². The van der Waals surface area contributed by atoms with E-state index in [1.807, 2.05) is 48.5 Å².